The van der Waals surface area contributed by atoms with E-state index in [1.807, 2.05) is 46.0 Å². The van der Waals surface area contributed by atoms with Gasteiger partial charge in [0, 0.05) is 19.0 Å². The first-order valence-electron chi connectivity index (χ1n) is 6.39. The maximum atomic E-state index is 11.9. The fraction of sp³-hybridized carbons (Fsp3) is 0.533. The highest BCUT2D eigenvalue weighted by atomic mass is 16.6. The van der Waals surface area contributed by atoms with Crippen molar-refractivity contribution >= 4 is 6.09 Å². The van der Waals surface area contributed by atoms with Crippen LogP contribution in [0.1, 0.15) is 38.7 Å². The van der Waals surface area contributed by atoms with E-state index in [1.165, 1.54) is 5.56 Å². The monoisotopic (exact) mass is 247 g/mol. The molecule has 2 rings (SSSR count). The number of amides is 1. The molecule has 18 heavy (non-hydrogen) atoms. The average Bonchev–Trinajstić information content (AvgIpc) is 3.07. The molecule has 0 saturated heterocycles. The van der Waals surface area contributed by atoms with E-state index in [1.54, 1.807) is 4.90 Å². The minimum absolute atomic E-state index is 0.231. The van der Waals surface area contributed by atoms with Crippen molar-refractivity contribution in [1.82, 2.24) is 4.90 Å². The highest BCUT2D eigenvalue weighted by molar-refractivity contribution is 5.69. The molecule has 0 heterocycles. The summed E-state index contributed by atoms with van der Waals surface area (Å²) >= 11 is 0. The molecule has 0 aromatic heterocycles. The minimum atomic E-state index is -0.428. The van der Waals surface area contributed by atoms with E-state index < -0.39 is 5.60 Å². The fourth-order valence-electron chi connectivity index (χ4n) is 2.14. The van der Waals surface area contributed by atoms with Gasteiger partial charge in [0.05, 0.1) is 0 Å². The van der Waals surface area contributed by atoms with Crippen LogP contribution >= 0.6 is 0 Å². The van der Waals surface area contributed by atoms with Gasteiger partial charge in [-0.15, -0.1) is 0 Å². The SMILES string of the molecule is CN(C(=O)OC(C)(C)C)C1CC1c1ccccc1. The van der Waals surface area contributed by atoms with E-state index >= 15 is 0 Å². The number of hydrogen-bond donors (Lipinski definition) is 0. The van der Waals surface area contributed by atoms with Crippen molar-refractivity contribution in [3.05, 3.63) is 35.9 Å². The highest BCUT2D eigenvalue weighted by Gasteiger charge is 2.44. The van der Waals surface area contributed by atoms with Crippen molar-refractivity contribution in [2.24, 2.45) is 0 Å². The molecule has 1 aromatic rings. The lowest BCUT2D eigenvalue weighted by atomic mass is 10.1. The Kier molecular flexibility index (Phi) is 3.33. The first-order chi connectivity index (χ1) is 8.38. The van der Waals surface area contributed by atoms with Crippen molar-refractivity contribution < 1.29 is 9.53 Å². The van der Waals surface area contributed by atoms with E-state index in [0.29, 0.717) is 5.92 Å². The van der Waals surface area contributed by atoms with Crippen LogP contribution < -0.4 is 0 Å². The summed E-state index contributed by atoms with van der Waals surface area (Å²) in [7, 11) is 1.82. The maximum absolute atomic E-state index is 11.9. The van der Waals surface area contributed by atoms with Crippen molar-refractivity contribution in [1.29, 1.82) is 0 Å². The lowest BCUT2D eigenvalue weighted by Crippen LogP contribution is -2.36. The Morgan fingerprint density at radius 2 is 1.89 bits per heavy atom. The average molecular weight is 247 g/mol. The number of benzene rings is 1. The first-order valence-corrected chi connectivity index (χ1v) is 6.39. The first kappa shape index (κ1) is 12.9. The number of likely N-dealkylation sites (N-methyl/N-ethyl adjacent to an activating group) is 1. The van der Waals surface area contributed by atoms with Gasteiger partial charge in [0.1, 0.15) is 5.60 Å². The molecule has 0 radical (unpaired) electrons. The predicted molar refractivity (Wildman–Crippen MR) is 71.6 cm³/mol. The van der Waals surface area contributed by atoms with Gasteiger partial charge >= 0.3 is 6.09 Å². The second kappa shape index (κ2) is 4.63. The van der Waals surface area contributed by atoms with Crippen LogP contribution in [0.3, 0.4) is 0 Å². The van der Waals surface area contributed by atoms with Gasteiger partial charge in [-0.3, -0.25) is 0 Å². The van der Waals surface area contributed by atoms with Crippen LogP contribution in [0.4, 0.5) is 4.79 Å². The number of rotatable bonds is 2. The molecule has 0 bridgehead atoms. The molecular weight excluding hydrogens is 226 g/mol. The van der Waals surface area contributed by atoms with Crippen LogP contribution in [0.15, 0.2) is 30.3 Å². The zero-order valence-corrected chi connectivity index (χ0v) is 11.5. The van der Waals surface area contributed by atoms with Crippen LogP contribution in [-0.4, -0.2) is 29.7 Å². The molecule has 0 N–H and O–H groups in total. The Hall–Kier alpha value is -1.51. The topological polar surface area (TPSA) is 29.5 Å². The van der Waals surface area contributed by atoms with Gasteiger partial charge < -0.3 is 9.64 Å². The Labute approximate surface area is 109 Å². The molecule has 3 nitrogen and oxygen atoms in total. The molecule has 2 atom stereocenters. The molecule has 98 valence electrons. The van der Waals surface area contributed by atoms with Gasteiger partial charge in [-0.2, -0.15) is 0 Å². The molecule has 3 heteroatoms. The molecule has 2 unspecified atom stereocenters. The van der Waals surface area contributed by atoms with Crippen molar-refractivity contribution in [3.8, 4) is 0 Å². The lowest BCUT2D eigenvalue weighted by Gasteiger charge is -2.24. The number of nitrogens with zero attached hydrogens (tertiary/aromatic N) is 1. The molecule has 1 aromatic carbocycles. The molecule has 1 aliphatic rings. The van der Waals surface area contributed by atoms with Gasteiger partial charge in [0.2, 0.25) is 0 Å². The second-order valence-corrected chi connectivity index (χ2v) is 5.91. The van der Waals surface area contributed by atoms with Gasteiger partial charge in [-0.25, -0.2) is 4.79 Å². The summed E-state index contributed by atoms with van der Waals surface area (Å²) in [4.78, 5) is 13.6. The Morgan fingerprint density at radius 1 is 1.28 bits per heavy atom. The van der Waals surface area contributed by atoms with E-state index in [9.17, 15) is 4.79 Å². The summed E-state index contributed by atoms with van der Waals surface area (Å²) < 4.78 is 5.37. The molecular formula is C15H21NO2. The normalized spacial score (nSPS) is 22.4. The largest absolute Gasteiger partial charge is 0.444 e. The Morgan fingerprint density at radius 3 is 2.44 bits per heavy atom. The molecule has 0 aliphatic heterocycles. The van der Waals surface area contributed by atoms with Gasteiger partial charge in [0.15, 0.2) is 0 Å². The van der Waals surface area contributed by atoms with Crippen LogP contribution in [0.5, 0.6) is 0 Å². The zero-order valence-electron chi connectivity index (χ0n) is 11.5. The van der Waals surface area contributed by atoms with E-state index in [0.717, 1.165) is 6.42 Å². The van der Waals surface area contributed by atoms with Crippen LogP contribution in [0.2, 0.25) is 0 Å². The van der Waals surface area contributed by atoms with Crippen LogP contribution in [-0.2, 0) is 4.74 Å². The van der Waals surface area contributed by atoms with Gasteiger partial charge in [-0.05, 0) is 32.8 Å². The van der Waals surface area contributed by atoms with Crippen molar-refractivity contribution in [3.63, 3.8) is 0 Å². The Balaban J connectivity index is 1.93. The quantitative estimate of drug-likeness (QED) is 0.801. The van der Waals surface area contributed by atoms with E-state index in [4.69, 9.17) is 4.74 Å². The van der Waals surface area contributed by atoms with Crippen LogP contribution in [0, 0.1) is 0 Å². The number of carbonyl (C=O) groups is 1. The van der Waals surface area contributed by atoms with E-state index in [2.05, 4.69) is 12.1 Å². The van der Waals surface area contributed by atoms with Crippen LogP contribution in [0.25, 0.3) is 0 Å². The summed E-state index contributed by atoms with van der Waals surface area (Å²) in [5, 5.41) is 0. The Bertz CT molecular complexity index is 422. The molecule has 0 spiro atoms. The third kappa shape index (κ3) is 3.03. The third-order valence-corrected chi connectivity index (χ3v) is 3.16. The summed E-state index contributed by atoms with van der Waals surface area (Å²) in [6.07, 6.45) is 0.797. The zero-order chi connectivity index (χ0) is 13.3. The van der Waals surface area contributed by atoms with Gasteiger partial charge in [-0.1, -0.05) is 30.3 Å². The third-order valence-electron chi connectivity index (χ3n) is 3.16. The second-order valence-electron chi connectivity index (χ2n) is 5.91. The summed E-state index contributed by atoms with van der Waals surface area (Å²) in [6, 6.07) is 10.6. The summed E-state index contributed by atoms with van der Waals surface area (Å²) in [6.45, 7) is 5.67. The summed E-state index contributed by atoms with van der Waals surface area (Å²) in [5.41, 5.74) is 0.876. The van der Waals surface area contributed by atoms with E-state index in [-0.39, 0.29) is 12.1 Å². The lowest BCUT2D eigenvalue weighted by molar-refractivity contribution is 0.0282. The minimum Gasteiger partial charge on any atom is -0.444 e. The fourth-order valence-corrected chi connectivity index (χ4v) is 2.14. The maximum Gasteiger partial charge on any atom is 0.410 e. The number of carbonyl (C=O) groups excluding carboxylic acids is 1. The number of hydrogen-bond acceptors (Lipinski definition) is 2. The molecule has 1 amide bonds. The molecule has 1 fully saturated rings. The van der Waals surface area contributed by atoms with Crippen molar-refractivity contribution in [2.75, 3.05) is 7.05 Å². The highest BCUT2D eigenvalue weighted by Crippen LogP contribution is 2.44. The summed E-state index contributed by atoms with van der Waals surface area (Å²) in [5.74, 6) is 0.462. The molecule has 1 saturated carbocycles. The number of ether oxygens (including phenoxy) is 1. The van der Waals surface area contributed by atoms with Crippen molar-refractivity contribution in [2.45, 2.75) is 44.8 Å². The molecule has 1 aliphatic carbocycles. The standard InChI is InChI=1S/C15H21NO2/c1-15(2,3)18-14(17)16(4)13-10-12(13)11-8-6-5-7-9-11/h5-9,12-13H,10H2,1-4H3. The van der Waals surface area contributed by atoms with Gasteiger partial charge in [0.25, 0.3) is 0 Å². The predicted octanol–water partition coefficient (Wildman–Crippen LogP) is 3.41. The smallest absolute Gasteiger partial charge is 0.410 e.